The number of imide groups is 1. The number of nitrogens with one attached hydrogen (secondary N) is 2. The SMILES string of the molecule is COc1ccc([C@H]2[C@H]3CNC[C@H]3CN2C(=O)CN2C(=O)NC(C)(C)C2=O)cc1. The molecule has 4 rings (SSSR count). The summed E-state index contributed by atoms with van der Waals surface area (Å²) in [6.07, 6.45) is 0. The minimum absolute atomic E-state index is 0.0767. The molecule has 0 aromatic heterocycles. The number of urea groups is 1. The van der Waals surface area contributed by atoms with E-state index in [-0.39, 0.29) is 24.4 Å². The van der Waals surface area contributed by atoms with Crippen molar-refractivity contribution in [2.45, 2.75) is 25.4 Å². The Hall–Kier alpha value is -2.61. The van der Waals surface area contributed by atoms with Crippen LogP contribution >= 0.6 is 0 Å². The van der Waals surface area contributed by atoms with Crippen LogP contribution in [0.3, 0.4) is 0 Å². The molecule has 0 unspecified atom stereocenters. The highest BCUT2D eigenvalue weighted by Gasteiger charge is 2.49. The number of hydrogen-bond acceptors (Lipinski definition) is 5. The van der Waals surface area contributed by atoms with E-state index in [1.165, 1.54) is 0 Å². The van der Waals surface area contributed by atoms with Crippen LogP contribution in [-0.4, -0.2) is 66.5 Å². The molecule has 0 aliphatic carbocycles. The molecule has 3 atom stereocenters. The van der Waals surface area contributed by atoms with Gasteiger partial charge < -0.3 is 20.3 Å². The predicted octanol–water partition coefficient (Wildman–Crippen LogP) is 0.745. The van der Waals surface area contributed by atoms with Crippen molar-refractivity contribution >= 4 is 17.8 Å². The van der Waals surface area contributed by atoms with E-state index in [1.54, 1.807) is 21.0 Å². The minimum Gasteiger partial charge on any atom is -0.497 e. The third-order valence-electron chi connectivity index (χ3n) is 6.08. The zero-order valence-electron chi connectivity index (χ0n) is 16.4. The molecule has 1 aromatic rings. The van der Waals surface area contributed by atoms with Gasteiger partial charge in [-0.15, -0.1) is 0 Å². The summed E-state index contributed by atoms with van der Waals surface area (Å²) in [5.41, 5.74) is 0.0703. The zero-order valence-corrected chi connectivity index (χ0v) is 16.4. The molecule has 0 radical (unpaired) electrons. The van der Waals surface area contributed by atoms with Gasteiger partial charge in [-0.1, -0.05) is 12.1 Å². The van der Waals surface area contributed by atoms with Crippen molar-refractivity contribution in [2.75, 3.05) is 33.3 Å². The molecule has 1 aromatic carbocycles. The van der Waals surface area contributed by atoms with Crippen LogP contribution in [0.4, 0.5) is 4.79 Å². The molecule has 3 saturated heterocycles. The van der Waals surface area contributed by atoms with Crippen molar-refractivity contribution in [3.63, 3.8) is 0 Å². The fourth-order valence-electron chi connectivity index (χ4n) is 4.59. The number of fused-ring (bicyclic) bond motifs is 1. The summed E-state index contributed by atoms with van der Waals surface area (Å²) in [5.74, 6) is 0.888. The van der Waals surface area contributed by atoms with Gasteiger partial charge in [0, 0.05) is 25.6 Å². The van der Waals surface area contributed by atoms with Crippen molar-refractivity contribution in [3.8, 4) is 5.75 Å². The highest BCUT2D eigenvalue weighted by molar-refractivity contribution is 6.08. The molecule has 4 amide bonds. The lowest BCUT2D eigenvalue weighted by Gasteiger charge is -2.29. The second-order valence-corrected chi connectivity index (χ2v) is 8.29. The summed E-state index contributed by atoms with van der Waals surface area (Å²) >= 11 is 0. The number of carbonyl (C=O) groups excluding carboxylic acids is 3. The number of carbonyl (C=O) groups is 3. The van der Waals surface area contributed by atoms with Crippen molar-refractivity contribution < 1.29 is 19.1 Å². The molecule has 3 fully saturated rings. The van der Waals surface area contributed by atoms with Crippen LogP contribution in [0.1, 0.15) is 25.5 Å². The molecular weight excluding hydrogens is 360 g/mol. The van der Waals surface area contributed by atoms with Gasteiger partial charge in [-0.25, -0.2) is 4.79 Å². The standard InChI is InChI=1S/C20H26N4O4/c1-20(2)18(26)24(19(27)22-20)11-16(25)23-10-13-8-21-9-15(13)17(23)12-4-6-14(28-3)7-5-12/h4-7,13,15,17,21H,8-11H2,1-3H3,(H,22,27)/t13-,15-,17-/m0/s1. The van der Waals surface area contributed by atoms with Crippen LogP contribution in [0.5, 0.6) is 5.75 Å². The lowest BCUT2D eigenvalue weighted by atomic mass is 9.89. The Labute approximate surface area is 164 Å². The summed E-state index contributed by atoms with van der Waals surface area (Å²) in [6.45, 7) is 5.40. The second kappa shape index (κ2) is 6.77. The van der Waals surface area contributed by atoms with Crippen LogP contribution in [-0.2, 0) is 9.59 Å². The summed E-state index contributed by atoms with van der Waals surface area (Å²) in [6, 6.07) is 7.18. The van der Waals surface area contributed by atoms with Crippen molar-refractivity contribution in [1.82, 2.24) is 20.4 Å². The third kappa shape index (κ3) is 3.01. The Bertz CT molecular complexity index is 807. The van der Waals surface area contributed by atoms with Crippen LogP contribution in [0.25, 0.3) is 0 Å². The van der Waals surface area contributed by atoms with Gasteiger partial charge in [0.2, 0.25) is 5.91 Å². The lowest BCUT2D eigenvalue weighted by molar-refractivity contribution is -0.139. The molecule has 150 valence electrons. The number of benzene rings is 1. The maximum atomic E-state index is 13.1. The molecule has 2 N–H and O–H groups in total. The molecule has 0 bridgehead atoms. The average Bonchev–Trinajstić information content (AvgIpc) is 3.30. The molecule has 8 heteroatoms. The van der Waals surface area contributed by atoms with Gasteiger partial charge in [-0.3, -0.25) is 14.5 Å². The fourth-order valence-corrected chi connectivity index (χ4v) is 4.59. The van der Waals surface area contributed by atoms with E-state index in [0.29, 0.717) is 18.4 Å². The van der Waals surface area contributed by atoms with Gasteiger partial charge in [0.25, 0.3) is 5.91 Å². The summed E-state index contributed by atoms with van der Waals surface area (Å²) < 4.78 is 5.24. The van der Waals surface area contributed by atoms with Gasteiger partial charge in [-0.05, 0) is 37.5 Å². The average molecular weight is 386 g/mol. The first-order valence-corrected chi connectivity index (χ1v) is 9.60. The summed E-state index contributed by atoms with van der Waals surface area (Å²) in [5, 5.41) is 6.04. The third-order valence-corrected chi connectivity index (χ3v) is 6.08. The number of likely N-dealkylation sites (tertiary alicyclic amines) is 1. The van der Waals surface area contributed by atoms with Gasteiger partial charge in [-0.2, -0.15) is 0 Å². The molecular formula is C20H26N4O4. The largest absolute Gasteiger partial charge is 0.497 e. The second-order valence-electron chi connectivity index (χ2n) is 8.29. The molecule has 8 nitrogen and oxygen atoms in total. The van der Waals surface area contributed by atoms with Crippen LogP contribution in [0, 0.1) is 11.8 Å². The highest BCUT2D eigenvalue weighted by Crippen LogP contribution is 2.43. The van der Waals surface area contributed by atoms with Crippen LogP contribution in [0.15, 0.2) is 24.3 Å². The van der Waals surface area contributed by atoms with Crippen molar-refractivity contribution in [3.05, 3.63) is 29.8 Å². The van der Waals surface area contributed by atoms with E-state index >= 15 is 0 Å². The van der Waals surface area contributed by atoms with Crippen LogP contribution in [0.2, 0.25) is 0 Å². The maximum absolute atomic E-state index is 13.1. The van der Waals surface area contributed by atoms with Crippen molar-refractivity contribution in [1.29, 1.82) is 0 Å². The summed E-state index contributed by atoms with van der Waals surface area (Å²) in [7, 11) is 1.62. The van der Waals surface area contributed by atoms with Crippen LogP contribution < -0.4 is 15.4 Å². The zero-order chi connectivity index (χ0) is 20.1. The molecule has 0 saturated carbocycles. The monoisotopic (exact) mass is 386 g/mol. The predicted molar refractivity (Wildman–Crippen MR) is 102 cm³/mol. The number of nitrogens with zero attached hydrogens (tertiary/aromatic N) is 2. The van der Waals surface area contributed by atoms with E-state index in [9.17, 15) is 14.4 Å². The molecule has 3 heterocycles. The number of methoxy groups -OCH3 is 1. The van der Waals surface area contributed by atoms with E-state index < -0.39 is 11.6 Å². The van der Waals surface area contributed by atoms with Crippen molar-refractivity contribution in [2.24, 2.45) is 11.8 Å². The highest BCUT2D eigenvalue weighted by atomic mass is 16.5. The number of amides is 4. The van der Waals surface area contributed by atoms with Gasteiger partial charge >= 0.3 is 6.03 Å². The smallest absolute Gasteiger partial charge is 0.325 e. The lowest BCUT2D eigenvalue weighted by Crippen LogP contribution is -2.45. The minimum atomic E-state index is -0.974. The topological polar surface area (TPSA) is 91.0 Å². The van der Waals surface area contributed by atoms with Gasteiger partial charge in [0.1, 0.15) is 17.8 Å². The Morgan fingerprint density at radius 2 is 1.93 bits per heavy atom. The van der Waals surface area contributed by atoms with E-state index in [1.807, 2.05) is 29.2 Å². The molecule has 0 spiro atoms. The summed E-state index contributed by atoms with van der Waals surface area (Å²) in [4.78, 5) is 40.6. The Kier molecular flexibility index (Phi) is 4.53. The van der Waals surface area contributed by atoms with Gasteiger partial charge in [0.05, 0.1) is 13.2 Å². The molecule has 3 aliphatic rings. The van der Waals surface area contributed by atoms with E-state index in [2.05, 4.69) is 10.6 Å². The number of rotatable bonds is 4. The normalized spacial score (nSPS) is 28.5. The number of ether oxygens (including phenoxy) is 1. The van der Waals surface area contributed by atoms with E-state index in [4.69, 9.17) is 4.74 Å². The first-order chi connectivity index (χ1) is 13.3. The quantitative estimate of drug-likeness (QED) is 0.745. The number of hydrogen-bond donors (Lipinski definition) is 2. The fraction of sp³-hybridized carbons (Fsp3) is 0.550. The van der Waals surface area contributed by atoms with E-state index in [0.717, 1.165) is 29.3 Å². The molecule has 3 aliphatic heterocycles. The first-order valence-electron chi connectivity index (χ1n) is 9.60. The Balaban J connectivity index is 1.57. The maximum Gasteiger partial charge on any atom is 0.325 e. The molecule has 28 heavy (non-hydrogen) atoms. The van der Waals surface area contributed by atoms with Gasteiger partial charge in [0.15, 0.2) is 0 Å². The Morgan fingerprint density at radius 3 is 2.54 bits per heavy atom. The Morgan fingerprint density at radius 1 is 1.21 bits per heavy atom. The first kappa shape index (κ1) is 18.7.